The summed E-state index contributed by atoms with van der Waals surface area (Å²) >= 11 is 0. The average molecular weight is 239 g/mol. The van der Waals surface area contributed by atoms with E-state index in [1.807, 2.05) is 0 Å². The predicted octanol–water partition coefficient (Wildman–Crippen LogP) is 4.61. The minimum Gasteiger partial charge on any atom is -0.358 e. The van der Waals surface area contributed by atoms with E-state index in [2.05, 4.69) is 29.2 Å². The number of benzene rings is 1. The molecule has 0 amide bonds. The Kier molecular flexibility index (Phi) is 2.30. The SMILES string of the molecule is c1ccc2c3c([nH]c2c1)CC1(CCCCC1)CC3. The molecule has 1 spiro atoms. The molecule has 18 heavy (non-hydrogen) atoms. The summed E-state index contributed by atoms with van der Waals surface area (Å²) in [5, 5.41) is 1.47. The topological polar surface area (TPSA) is 15.8 Å². The van der Waals surface area contributed by atoms with E-state index >= 15 is 0 Å². The lowest BCUT2D eigenvalue weighted by Gasteiger charge is -2.40. The zero-order valence-electron chi connectivity index (χ0n) is 11.0. The molecule has 0 unspecified atom stereocenters. The molecule has 2 aliphatic carbocycles. The first kappa shape index (κ1) is 10.7. The smallest absolute Gasteiger partial charge is 0.0458 e. The fourth-order valence-electron chi connectivity index (χ4n) is 4.27. The normalized spacial score (nSPS) is 22.2. The van der Waals surface area contributed by atoms with Gasteiger partial charge < -0.3 is 4.98 Å². The fourth-order valence-corrected chi connectivity index (χ4v) is 4.27. The monoisotopic (exact) mass is 239 g/mol. The van der Waals surface area contributed by atoms with Gasteiger partial charge in [0.05, 0.1) is 0 Å². The number of aromatic amines is 1. The van der Waals surface area contributed by atoms with E-state index in [0.717, 1.165) is 0 Å². The maximum atomic E-state index is 3.69. The average Bonchev–Trinajstić information content (AvgIpc) is 2.76. The summed E-state index contributed by atoms with van der Waals surface area (Å²) in [6.07, 6.45) is 11.3. The van der Waals surface area contributed by atoms with Crippen LogP contribution in [0.3, 0.4) is 0 Å². The van der Waals surface area contributed by atoms with Crippen molar-refractivity contribution in [1.82, 2.24) is 4.98 Å². The Morgan fingerprint density at radius 3 is 2.67 bits per heavy atom. The van der Waals surface area contributed by atoms with Gasteiger partial charge in [-0.25, -0.2) is 0 Å². The third-order valence-electron chi connectivity index (χ3n) is 5.27. The van der Waals surface area contributed by atoms with Crippen molar-refractivity contribution >= 4 is 10.9 Å². The van der Waals surface area contributed by atoms with Crippen molar-refractivity contribution in [3.63, 3.8) is 0 Å². The molecule has 0 radical (unpaired) electrons. The van der Waals surface area contributed by atoms with Crippen molar-refractivity contribution in [1.29, 1.82) is 0 Å². The van der Waals surface area contributed by atoms with Crippen LogP contribution >= 0.6 is 0 Å². The van der Waals surface area contributed by atoms with E-state index in [1.54, 1.807) is 11.3 Å². The van der Waals surface area contributed by atoms with Gasteiger partial charge in [0.2, 0.25) is 0 Å². The van der Waals surface area contributed by atoms with E-state index in [-0.39, 0.29) is 0 Å². The minimum absolute atomic E-state index is 0.645. The van der Waals surface area contributed by atoms with Gasteiger partial charge in [0, 0.05) is 16.6 Å². The maximum Gasteiger partial charge on any atom is 0.0458 e. The molecule has 0 saturated heterocycles. The highest BCUT2D eigenvalue weighted by Crippen LogP contribution is 2.47. The highest BCUT2D eigenvalue weighted by atomic mass is 14.7. The van der Waals surface area contributed by atoms with Gasteiger partial charge in [-0.3, -0.25) is 0 Å². The lowest BCUT2D eigenvalue weighted by Crippen LogP contribution is -2.31. The molecule has 1 aromatic heterocycles. The van der Waals surface area contributed by atoms with E-state index < -0.39 is 0 Å². The van der Waals surface area contributed by atoms with E-state index in [4.69, 9.17) is 0 Å². The Labute approximate surface area is 109 Å². The van der Waals surface area contributed by atoms with E-state index in [9.17, 15) is 0 Å². The summed E-state index contributed by atoms with van der Waals surface area (Å²) in [6.45, 7) is 0. The maximum absolute atomic E-state index is 3.69. The molecule has 1 saturated carbocycles. The molecular weight excluding hydrogens is 218 g/mol. The lowest BCUT2D eigenvalue weighted by molar-refractivity contribution is 0.161. The standard InChI is InChI=1S/C17H21N/c1-4-9-17(10-5-1)11-8-14-13-6-2-3-7-15(13)18-16(14)12-17/h2-3,6-7,18H,1,4-5,8-12H2. The summed E-state index contributed by atoms with van der Waals surface area (Å²) in [4.78, 5) is 3.69. The van der Waals surface area contributed by atoms with Crippen molar-refractivity contribution in [3.8, 4) is 0 Å². The molecule has 1 heteroatoms. The number of H-pyrrole nitrogens is 1. The molecule has 1 nitrogen and oxygen atoms in total. The van der Waals surface area contributed by atoms with Gasteiger partial charge in [0.1, 0.15) is 0 Å². The van der Waals surface area contributed by atoms with Crippen LogP contribution in [0.5, 0.6) is 0 Å². The fraction of sp³-hybridized carbons (Fsp3) is 0.529. The molecule has 0 aliphatic heterocycles. The third-order valence-corrected chi connectivity index (χ3v) is 5.27. The van der Waals surface area contributed by atoms with Crippen LogP contribution in [0, 0.1) is 5.41 Å². The summed E-state index contributed by atoms with van der Waals surface area (Å²) in [7, 11) is 0. The first-order valence-corrected chi connectivity index (χ1v) is 7.45. The molecule has 1 aromatic carbocycles. The predicted molar refractivity (Wildman–Crippen MR) is 75.8 cm³/mol. The Morgan fingerprint density at radius 2 is 1.78 bits per heavy atom. The molecule has 1 N–H and O–H groups in total. The number of hydrogen-bond donors (Lipinski definition) is 1. The van der Waals surface area contributed by atoms with Crippen molar-refractivity contribution in [2.75, 3.05) is 0 Å². The molecule has 4 rings (SSSR count). The molecule has 0 bridgehead atoms. The Balaban J connectivity index is 1.76. The molecular formula is C17H21N. The Morgan fingerprint density at radius 1 is 0.944 bits per heavy atom. The largest absolute Gasteiger partial charge is 0.358 e. The van der Waals surface area contributed by atoms with E-state index in [1.165, 1.54) is 62.3 Å². The highest BCUT2D eigenvalue weighted by Gasteiger charge is 2.36. The number of aryl methyl sites for hydroxylation is 1. The van der Waals surface area contributed by atoms with Crippen LogP contribution in [-0.4, -0.2) is 4.98 Å². The Bertz CT molecular complexity index is 572. The first-order valence-electron chi connectivity index (χ1n) is 7.45. The quantitative estimate of drug-likeness (QED) is 0.691. The van der Waals surface area contributed by atoms with Crippen molar-refractivity contribution in [2.24, 2.45) is 5.41 Å². The molecule has 0 atom stereocenters. The number of rotatable bonds is 0. The summed E-state index contributed by atoms with van der Waals surface area (Å²) in [6, 6.07) is 8.81. The summed E-state index contributed by atoms with van der Waals surface area (Å²) in [5.74, 6) is 0. The molecule has 2 aliphatic rings. The molecule has 94 valence electrons. The molecule has 1 heterocycles. The van der Waals surface area contributed by atoms with Crippen molar-refractivity contribution in [3.05, 3.63) is 35.5 Å². The van der Waals surface area contributed by atoms with Crippen LogP contribution in [0.1, 0.15) is 49.8 Å². The zero-order valence-corrected chi connectivity index (χ0v) is 11.0. The molecule has 1 fully saturated rings. The van der Waals surface area contributed by atoms with Crippen molar-refractivity contribution in [2.45, 2.75) is 51.4 Å². The van der Waals surface area contributed by atoms with Gasteiger partial charge in [-0.2, -0.15) is 0 Å². The second kappa shape index (κ2) is 3.88. The second-order valence-electron chi connectivity index (χ2n) is 6.37. The zero-order chi connectivity index (χ0) is 12.0. The van der Waals surface area contributed by atoms with Crippen LogP contribution in [0.25, 0.3) is 10.9 Å². The van der Waals surface area contributed by atoms with Gasteiger partial charge in [0.15, 0.2) is 0 Å². The van der Waals surface area contributed by atoms with E-state index in [0.29, 0.717) is 5.41 Å². The van der Waals surface area contributed by atoms with Crippen LogP contribution < -0.4 is 0 Å². The molecule has 2 aromatic rings. The highest BCUT2D eigenvalue weighted by molar-refractivity contribution is 5.84. The summed E-state index contributed by atoms with van der Waals surface area (Å²) in [5.41, 5.74) is 5.15. The van der Waals surface area contributed by atoms with Gasteiger partial charge in [-0.15, -0.1) is 0 Å². The first-order chi connectivity index (χ1) is 8.86. The van der Waals surface area contributed by atoms with Gasteiger partial charge in [-0.1, -0.05) is 37.5 Å². The van der Waals surface area contributed by atoms with Crippen LogP contribution in [0.15, 0.2) is 24.3 Å². The third kappa shape index (κ3) is 1.53. The summed E-state index contributed by atoms with van der Waals surface area (Å²) < 4.78 is 0. The number of para-hydroxylation sites is 1. The van der Waals surface area contributed by atoms with Crippen molar-refractivity contribution < 1.29 is 0 Å². The van der Waals surface area contributed by atoms with Crippen LogP contribution in [0.2, 0.25) is 0 Å². The van der Waals surface area contributed by atoms with Crippen LogP contribution in [-0.2, 0) is 12.8 Å². The number of hydrogen-bond acceptors (Lipinski definition) is 0. The van der Waals surface area contributed by atoms with Crippen LogP contribution in [0.4, 0.5) is 0 Å². The lowest BCUT2D eigenvalue weighted by atomic mass is 9.65. The number of nitrogens with one attached hydrogen (secondary N) is 1. The minimum atomic E-state index is 0.645. The second-order valence-corrected chi connectivity index (χ2v) is 6.37. The van der Waals surface area contributed by atoms with Gasteiger partial charge in [-0.05, 0) is 49.1 Å². The van der Waals surface area contributed by atoms with Gasteiger partial charge >= 0.3 is 0 Å². The van der Waals surface area contributed by atoms with Gasteiger partial charge in [0.25, 0.3) is 0 Å². The Hall–Kier alpha value is -1.24. The number of aromatic nitrogens is 1. The number of fused-ring (bicyclic) bond motifs is 3.